The number of anilines is 1. The van der Waals surface area contributed by atoms with Crippen LogP contribution < -0.4 is 5.32 Å². The Morgan fingerprint density at radius 3 is 2.61 bits per heavy atom. The summed E-state index contributed by atoms with van der Waals surface area (Å²) < 4.78 is 0. The molecule has 1 fully saturated rings. The summed E-state index contributed by atoms with van der Waals surface area (Å²) in [6.07, 6.45) is 3.35. The molecule has 1 heterocycles. The lowest BCUT2D eigenvalue weighted by Gasteiger charge is -2.38. The molecule has 1 saturated heterocycles. The van der Waals surface area contributed by atoms with E-state index < -0.39 is 0 Å². The summed E-state index contributed by atoms with van der Waals surface area (Å²) in [5, 5.41) is 3.55. The lowest BCUT2D eigenvalue weighted by Crippen LogP contribution is -2.49. The Hall–Kier alpha value is -1.22. The lowest BCUT2D eigenvalue weighted by atomic mass is 9.98. The van der Waals surface area contributed by atoms with Gasteiger partial charge in [-0.3, -0.25) is 0 Å². The first kappa shape index (κ1) is 13.2. The van der Waals surface area contributed by atoms with E-state index >= 15 is 0 Å². The van der Waals surface area contributed by atoms with Gasteiger partial charge in [-0.05, 0) is 51.3 Å². The zero-order valence-electron chi connectivity index (χ0n) is 10.8. The molecule has 0 spiro atoms. The fourth-order valence-corrected chi connectivity index (χ4v) is 2.77. The quantitative estimate of drug-likeness (QED) is 0.814. The number of likely N-dealkylation sites (tertiary alicyclic amines) is 1. The topological polar surface area (TPSA) is 32.3 Å². The zero-order chi connectivity index (χ0) is 13.1. The van der Waals surface area contributed by atoms with Crippen LogP contribution in [-0.2, 0) is 0 Å². The van der Waals surface area contributed by atoms with Crippen LogP contribution in [0.15, 0.2) is 24.3 Å². The van der Waals surface area contributed by atoms with Crippen LogP contribution in [-0.4, -0.2) is 23.0 Å². The maximum atomic E-state index is 12.3. The van der Waals surface area contributed by atoms with Crippen molar-refractivity contribution < 1.29 is 4.79 Å². The minimum Gasteiger partial charge on any atom is -0.319 e. The number of benzene rings is 1. The predicted molar refractivity (Wildman–Crippen MR) is 75.1 cm³/mol. The van der Waals surface area contributed by atoms with Crippen LogP contribution in [0.3, 0.4) is 0 Å². The van der Waals surface area contributed by atoms with Crippen molar-refractivity contribution in [3.05, 3.63) is 29.3 Å². The number of hydrogen-bond acceptors (Lipinski definition) is 1. The highest BCUT2D eigenvalue weighted by Crippen LogP contribution is 2.24. The Morgan fingerprint density at radius 2 is 2.00 bits per heavy atom. The largest absolute Gasteiger partial charge is 0.322 e. The van der Waals surface area contributed by atoms with E-state index in [1.54, 1.807) is 12.1 Å². The molecule has 4 heteroatoms. The third-order valence-corrected chi connectivity index (χ3v) is 3.74. The second kappa shape index (κ2) is 5.61. The Morgan fingerprint density at radius 1 is 1.33 bits per heavy atom. The van der Waals surface area contributed by atoms with Crippen molar-refractivity contribution in [1.82, 2.24) is 4.90 Å². The van der Waals surface area contributed by atoms with E-state index in [1.807, 2.05) is 17.0 Å². The molecule has 1 aromatic carbocycles. The van der Waals surface area contributed by atoms with Crippen LogP contribution >= 0.6 is 11.6 Å². The molecule has 0 saturated carbocycles. The normalized spacial score (nSPS) is 23.8. The van der Waals surface area contributed by atoms with Crippen molar-refractivity contribution in [3.63, 3.8) is 0 Å². The second-order valence-corrected chi connectivity index (χ2v) is 5.41. The highest BCUT2D eigenvalue weighted by Gasteiger charge is 2.28. The molecule has 0 unspecified atom stereocenters. The molecule has 3 nitrogen and oxygen atoms in total. The molecule has 1 N–H and O–H groups in total. The van der Waals surface area contributed by atoms with Crippen LogP contribution in [0.4, 0.5) is 10.5 Å². The lowest BCUT2D eigenvalue weighted by molar-refractivity contribution is 0.133. The number of urea groups is 1. The predicted octanol–water partition coefficient (Wildman–Crippen LogP) is 4.13. The third kappa shape index (κ3) is 2.96. The zero-order valence-corrected chi connectivity index (χ0v) is 11.6. The Labute approximate surface area is 113 Å². The van der Waals surface area contributed by atoms with Crippen LogP contribution in [0.2, 0.25) is 5.02 Å². The monoisotopic (exact) mass is 266 g/mol. The van der Waals surface area contributed by atoms with Gasteiger partial charge in [0.2, 0.25) is 0 Å². The van der Waals surface area contributed by atoms with E-state index in [2.05, 4.69) is 19.2 Å². The molecule has 0 bridgehead atoms. The number of hydrogen-bond donors (Lipinski definition) is 1. The molecule has 1 aliphatic heterocycles. The molecule has 98 valence electrons. The molecular formula is C14H19ClN2O. The summed E-state index contributed by atoms with van der Waals surface area (Å²) in [4.78, 5) is 14.2. The Balaban J connectivity index is 2.07. The highest BCUT2D eigenvalue weighted by atomic mass is 35.5. The van der Waals surface area contributed by atoms with Gasteiger partial charge in [0.05, 0.1) is 0 Å². The summed E-state index contributed by atoms with van der Waals surface area (Å²) in [6.45, 7) is 4.21. The molecule has 1 aliphatic rings. The average molecular weight is 267 g/mol. The second-order valence-electron chi connectivity index (χ2n) is 4.98. The van der Waals surface area contributed by atoms with E-state index in [0.717, 1.165) is 18.5 Å². The third-order valence-electron chi connectivity index (χ3n) is 3.50. The summed E-state index contributed by atoms with van der Waals surface area (Å²) in [7, 11) is 0. The van der Waals surface area contributed by atoms with Crippen LogP contribution in [0, 0.1) is 0 Å². The highest BCUT2D eigenvalue weighted by molar-refractivity contribution is 6.30. The smallest absolute Gasteiger partial charge is 0.319 e. The number of piperidine rings is 1. The maximum absolute atomic E-state index is 12.3. The van der Waals surface area contributed by atoms with Crippen molar-refractivity contribution in [3.8, 4) is 0 Å². The van der Waals surface area contributed by atoms with E-state index in [1.165, 1.54) is 6.42 Å². The van der Waals surface area contributed by atoms with Crippen molar-refractivity contribution in [2.75, 3.05) is 5.32 Å². The number of halogens is 1. The summed E-state index contributed by atoms with van der Waals surface area (Å²) in [5.74, 6) is 0. The number of carbonyl (C=O) groups is 1. The average Bonchev–Trinajstić information content (AvgIpc) is 2.28. The molecule has 0 aromatic heterocycles. The van der Waals surface area contributed by atoms with Gasteiger partial charge in [-0.2, -0.15) is 0 Å². The summed E-state index contributed by atoms with van der Waals surface area (Å²) in [6, 6.07) is 7.81. The van der Waals surface area contributed by atoms with Gasteiger partial charge < -0.3 is 10.2 Å². The van der Waals surface area contributed by atoms with Gasteiger partial charge in [-0.15, -0.1) is 0 Å². The van der Waals surface area contributed by atoms with Crippen LogP contribution in [0.25, 0.3) is 0 Å². The fourth-order valence-electron chi connectivity index (χ4n) is 2.58. The van der Waals surface area contributed by atoms with Gasteiger partial charge >= 0.3 is 6.03 Å². The first-order valence-corrected chi connectivity index (χ1v) is 6.80. The van der Waals surface area contributed by atoms with Crippen molar-refractivity contribution in [2.45, 2.75) is 45.2 Å². The molecule has 2 atom stereocenters. The standard InChI is InChI=1S/C14H19ClN2O/c1-10-5-3-6-11(2)17(10)14(18)16-13-8-4-7-12(15)9-13/h4,7-11H,3,5-6H2,1-2H3,(H,16,18)/t10-,11-/m1/s1. The van der Waals surface area contributed by atoms with E-state index in [9.17, 15) is 4.79 Å². The summed E-state index contributed by atoms with van der Waals surface area (Å²) >= 11 is 5.91. The van der Waals surface area contributed by atoms with Crippen molar-refractivity contribution >= 4 is 23.3 Å². The van der Waals surface area contributed by atoms with Gasteiger partial charge in [0, 0.05) is 22.8 Å². The minimum atomic E-state index is -0.0306. The van der Waals surface area contributed by atoms with Crippen molar-refractivity contribution in [1.29, 1.82) is 0 Å². The maximum Gasteiger partial charge on any atom is 0.322 e. The fraction of sp³-hybridized carbons (Fsp3) is 0.500. The molecular weight excluding hydrogens is 248 g/mol. The van der Waals surface area contributed by atoms with Gasteiger partial charge in [0.1, 0.15) is 0 Å². The van der Waals surface area contributed by atoms with Gasteiger partial charge in [0.25, 0.3) is 0 Å². The minimum absolute atomic E-state index is 0.0306. The molecule has 0 radical (unpaired) electrons. The molecule has 1 aromatic rings. The van der Waals surface area contributed by atoms with E-state index in [-0.39, 0.29) is 6.03 Å². The van der Waals surface area contributed by atoms with Gasteiger partial charge in [-0.25, -0.2) is 4.79 Å². The van der Waals surface area contributed by atoms with E-state index in [0.29, 0.717) is 17.1 Å². The Bertz CT molecular complexity index is 426. The number of nitrogens with zero attached hydrogens (tertiary/aromatic N) is 1. The first-order valence-electron chi connectivity index (χ1n) is 6.43. The van der Waals surface area contributed by atoms with Crippen LogP contribution in [0.1, 0.15) is 33.1 Å². The molecule has 2 rings (SSSR count). The molecule has 18 heavy (non-hydrogen) atoms. The molecule has 0 aliphatic carbocycles. The molecule has 2 amide bonds. The Kier molecular flexibility index (Phi) is 4.12. The van der Waals surface area contributed by atoms with Crippen LogP contribution in [0.5, 0.6) is 0 Å². The van der Waals surface area contributed by atoms with Crippen molar-refractivity contribution in [2.24, 2.45) is 0 Å². The summed E-state index contributed by atoms with van der Waals surface area (Å²) in [5.41, 5.74) is 0.748. The number of rotatable bonds is 1. The first-order chi connectivity index (χ1) is 8.58. The number of amides is 2. The van der Waals surface area contributed by atoms with Gasteiger partial charge in [0.15, 0.2) is 0 Å². The van der Waals surface area contributed by atoms with Gasteiger partial charge in [-0.1, -0.05) is 17.7 Å². The number of carbonyl (C=O) groups excluding carboxylic acids is 1. The SMILES string of the molecule is C[C@@H]1CCC[C@@H](C)N1C(=O)Nc1cccc(Cl)c1. The van der Waals surface area contributed by atoms with E-state index in [4.69, 9.17) is 11.6 Å². The number of nitrogens with one attached hydrogen (secondary N) is 1.